The molecule has 102 valence electrons. The van der Waals surface area contributed by atoms with Gasteiger partial charge in [0.15, 0.2) is 0 Å². The predicted octanol–water partition coefficient (Wildman–Crippen LogP) is 1.99. The minimum Gasteiger partial charge on any atom is -0.391 e. The lowest BCUT2D eigenvalue weighted by Crippen LogP contribution is -2.48. The topological polar surface area (TPSA) is 49.5 Å². The summed E-state index contributed by atoms with van der Waals surface area (Å²) in [5.41, 5.74) is 5.96. The third-order valence-electron chi connectivity index (χ3n) is 4.00. The van der Waals surface area contributed by atoms with Crippen LogP contribution in [0, 0.1) is 5.41 Å². The quantitative estimate of drug-likeness (QED) is 0.725. The van der Waals surface area contributed by atoms with E-state index in [1.807, 2.05) is 0 Å². The smallest absolute Gasteiger partial charge is 0.0695 e. The summed E-state index contributed by atoms with van der Waals surface area (Å²) in [4.78, 5) is 2.43. The fraction of sp³-hybridized carbons (Fsp3) is 1.00. The molecule has 0 heterocycles. The van der Waals surface area contributed by atoms with Crippen molar-refractivity contribution in [3.05, 3.63) is 0 Å². The summed E-state index contributed by atoms with van der Waals surface area (Å²) in [6.45, 7) is 9.29. The highest BCUT2D eigenvalue weighted by atomic mass is 16.3. The Kier molecular flexibility index (Phi) is 5.90. The Hall–Kier alpha value is -0.120. The molecule has 0 aromatic heterocycles. The van der Waals surface area contributed by atoms with Crippen LogP contribution in [0.5, 0.6) is 0 Å². The normalized spacial score (nSPS) is 27.2. The van der Waals surface area contributed by atoms with E-state index in [0.29, 0.717) is 12.6 Å². The van der Waals surface area contributed by atoms with Crippen molar-refractivity contribution in [3.8, 4) is 0 Å². The molecular weight excluding hydrogens is 212 g/mol. The van der Waals surface area contributed by atoms with Crippen molar-refractivity contribution < 1.29 is 5.11 Å². The van der Waals surface area contributed by atoms with Gasteiger partial charge in [0.1, 0.15) is 0 Å². The van der Waals surface area contributed by atoms with Crippen molar-refractivity contribution in [2.45, 2.75) is 65.0 Å². The van der Waals surface area contributed by atoms with E-state index in [0.717, 1.165) is 25.9 Å². The van der Waals surface area contributed by atoms with Gasteiger partial charge in [0.05, 0.1) is 6.10 Å². The largest absolute Gasteiger partial charge is 0.391 e. The zero-order valence-electron chi connectivity index (χ0n) is 11.8. The third-order valence-corrected chi connectivity index (χ3v) is 4.00. The van der Waals surface area contributed by atoms with Crippen molar-refractivity contribution in [1.29, 1.82) is 0 Å². The first-order valence-corrected chi connectivity index (χ1v) is 7.12. The van der Waals surface area contributed by atoms with Crippen molar-refractivity contribution in [3.63, 3.8) is 0 Å². The van der Waals surface area contributed by atoms with Gasteiger partial charge in [0, 0.05) is 12.6 Å². The lowest BCUT2D eigenvalue weighted by Gasteiger charge is -2.38. The van der Waals surface area contributed by atoms with Crippen molar-refractivity contribution >= 4 is 0 Å². The molecule has 1 aliphatic rings. The number of rotatable bonds is 5. The Morgan fingerprint density at radius 3 is 2.47 bits per heavy atom. The number of likely N-dealkylation sites (N-methyl/N-ethyl adjacent to an activating group) is 1. The van der Waals surface area contributed by atoms with Gasteiger partial charge in [-0.15, -0.1) is 0 Å². The molecule has 2 unspecified atom stereocenters. The van der Waals surface area contributed by atoms with E-state index in [2.05, 4.69) is 25.7 Å². The molecule has 0 spiro atoms. The highest BCUT2D eigenvalue weighted by Gasteiger charge is 2.30. The first-order valence-electron chi connectivity index (χ1n) is 7.12. The Bertz CT molecular complexity index is 218. The van der Waals surface area contributed by atoms with E-state index < -0.39 is 0 Å². The molecule has 0 aromatic carbocycles. The molecule has 1 rings (SSSR count). The Balaban J connectivity index is 2.64. The zero-order chi connectivity index (χ0) is 12.9. The Morgan fingerprint density at radius 2 is 1.88 bits per heavy atom. The average molecular weight is 242 g/mol. The maximum Gasteiger partial charge on any atom is 0.0695 e. The summed E-state index contributed by atoms with van der Waals surface area (Å²) in [6, 6.07) is 0.341. The lowest BCUT2D eigenvalue weighted by atomic mass is 9.91. The van der Waals surface area contributed by atoms with Crippen LogP contribution in [0.2, 0.25) is 0 Å². The summed E-state index contributed by atoms with van der Waals surface area (Å²) in [6.07, 6.45) is 5.65. The van der Waals surface area contributed by atoms with Crippen LogP contribution in [0.1, 0.15) is 52.9 Å². The summed E-state index contributed by atoms with van der Waals surface area (Å²) in [5, 5.41) is 10.2. The highest BCUT2D eigenvalue weighted by Crippen LogP contribution is 2.25. The monoisotopic (exact) mass is 242 g/mol. The first kappa shape index (κ1) is 14.9. The van der Waals surface area contributed by atoms with Gasteiger partial charge < -0.3 is 10.8 Å². The van der Waals surface area contributed by atoms with Gasteiger partial charge >= 0.3 is 0 Å². The van der Waals surface area contributed by atoms with E-state index in [1.165, 1.54) is 19.3 Å². The molecule has 0 radical (unpaired) electrons. The van der Waals surface area contributed by atoms with Crippen molar-refractivity contribution in [2.24, 2.45) is 11.1 Å². The Labute approximate surface area is 106 Å². The number of hydrogen-bond acceptors (Lipinski definition) is 3. The number of nitrogens with zero attached hydrogens (tertiary/aromatic N) is 1. The van der Waals surface area contributed by atoms with Gasteiger partial charge in [-0.25, -0.2) is 0 Å². The van der Waals surface area contributed by atoms with Crippen LogP contribution < -0.4 is 5.73 Å². The van der Waals surface area contributed by atoms with Crippen LogP contribution in [-0.2, 0) is 0 Å². The van der Waals surface area contributed by atoms with Gasteiger partial charge in [0.25, 0.3) is 0 Å². The van der Waals surface area contributed by atoms with Crippen LogP contribution in [0.25, 0.3) is 0 Å². The molecule has 1 saturated carbocycles. The molecule has 2 atom stereocenters. The molecule has 0 saturated heterocycles. The van der Waals surface area contributed by atoms with Crippen LogP contribution in [0.15, 0.2) is 0 Å². The summed E-state index contributed by atoms with van der Waals surface area (Å²) >= 11 is 0. The minimum absolute atomic E-state index is 0.141. The molecule has 3 nitrogen and oxygen atoms in total. The molecule has 1 aliphatic carbocycles. The fourth-order valence-corrected chi connectivity index (χ4v) is 2.77. The van der Waals surface area contributed by atoms with Gasteiger partial charge in [0.2, 0.25) is 0 Å². The maximum absolute atomic E-state index is 10.2. The summed E-state index contributed by atoms with van der Waals surface area (Å²) in [5.74, 6) is 0. The van der Waals surface area contributed by atoms with E-state index in [4.69, 9.17) is 5.73 Å². The molecular formula is C14H30N2O. The van der Waals surface area contributed by atoms with Crippen LogP contribution in [0.4, 0.5) is 0 Å². The average Bonchev–Trinajstić information content (AvgIpc) is 2.51. The van der Waals surface area contributed by atoms with Gasteiger partial charge in [-0.1, -0.05) is 40.0 Å². The molecule has 17 heavy (non-hydrogen) atoms. The van der Waals surface area contributed by atoms with Gasteiger partial charge in [-0.2, -0.15) is 0 Å². The van der Waals surface area contributed by atoms with E-state index in [9.17, 15) is 5.11 Å². The highest BCUT2D eigenvalue weighted by molar-refractivity contribution is 4.85. The van der Waals surface area contributed by atoms with Crippen molar-refractivity contribution in [2.75, 3.05) is 19.6 Å². The molecule has 3 N–H and O–H groups in total. The lowest BCUT2D eigenvalue weighted by molar-refractivity contribution is 0.0286. The molecule has 0 bridgehead atoms. The molecule has 3 heteroatoms. The van der Waals surface area contributed by atoms with E-state index in [1.54, 1.807) is 0 Å². The number of aliphatic hydroxyl groups excluding tert-OH is 1. The number of hydrogen-bond donors (Lipinski definition) is 2. The summed E-state index contributed by atoms with van der Waals surface area (Å²) in [7, 11) is 0. The number of nitrogens with two attached hydrogens (primary N) is 1. The summed E-state index contributed by atoms with van der Waals surface area (Å²) < 4.78 is 0. The van der Waals surface area contributed by atoms with Gasteiger partial charge in [-0.3, -0.25) is 4.90 Å². The number of aliphatic hydroxyl groups is 1. The molecule has 0 aromatic rings. The minimum atomic E-state index is -0.147. The second-order valence-corrected chi connectivity index (χ2v) is 6.20. The second kappa shape index (κ2) is 6.72. The Morgan fingerprint density at radius 1 is 1.24 bits per heavy atom. The fourth-order valence-electron chi connectivity index (χ4n) is 2.77. The second-order valence-electron chi connectivity index (χ2n) is 6.20. The van der Waals surface area contributed by atoms with Crippen LogP contribution in [-0.4, -0.2) is 41.8 Å². The zero-order valence-corrected chi connectivity index (χ0v) is 11.8. The van der Waals surface area contributed by atoms with Crippen molar-refractivity contribution in [1.82, 2.24) is 4.90 Å². The standard InChI is InChI=1S/C14H30N2O/c1-4-16(11-14(2,3)10-15)12-8-6-5-7-9-13(12)17/h12-13,17H,4-11,15H2,1-3H3. The van der Waals surface area contributed by atoms with E-state index >= 15 is 0 Å². The molecule has 1 fully saturated rings. The molecule has 0 aliphatic heterocycles. The van der Waals surface area contributed by atoms with E-state index in [-0.39, 0.29) is 11.5 Å². The molecule has 0 amide bonds. The third kappa shape index (κ3) is 4.57. The van der Waals surface area contributed by atoms with Crippen LogP contribution >= 0.6 is 0 Å². The van der Waals surface area contributed by atoms with Gasteiger partial charge in [-0.05, 0) is 31.3 Å². The maximum atomic E-state index is 10.2. The SMILES string of the molecule is CCN(CC(C)(C)CN)C1CCCCCC1O. The predicted molar refractivity (Wildman–Crippen MR) is 73.0 cm³/mol. The van der Waals surface area contributed by atoms with Crippen LogP contribution in [0.3, 0.4) is 0 Å². The first-order chi connectivity index (χ1) is 8.00.